The topological polar surface area (TPSA) is 38.3 Å². The van der Waals surface area contributed by atoms with Crippen LogP contribution in [0.5, 0.6) is 0 Å². The quantitative estimate of drug-likeness (QED) is 0.505. The van der Waals surface area contributed by atoms with Gasteiger partial charge in [0.1, 0.15) is 12.4 Å². The van der Waals surface area contributed by atoms with Crippen molar-refractivity contribution in [2.45, 2.75) is 5.92 Å². The fourth-order valence-corrected chi connectivity index (χ4v) is 3.85. The molecule has 4 rings (SSSR count). The number of carbonyl (C=O) groups is 1. The van der Waals surface area contributed by atoms with Crippen molar-refractivity contribution in [3.8, 4) is 11.1 Å². The molecule has 0 spiro atoms. The van der Waals surface area contributed by atoms with Gasteiger partial charge in [0.05, 0.1) is 4.47 Å². The van der Waals surface area contributed by atoms with Gasteiger partial charge in [0.2, 0.25) is 0 Å². The molecule has 5 heteroatoms. The molecule has 1 N–H and O–H groups in total. The summed E-state index contributed by atoms with van der Waals surface area (Å²) in [4.78, 5) is 12.1. The molecule has 0 atom stereocenters. The molecule has 0 fully saturated rings. The van der Waals surface area contributed by atoms with Gasteiger partial charge in [-0.1, -0.05) is 66.7 Å². The van der Waals surface area contributed by atoms with E-state index in [9.17, 15) is 9.18 Å². The van der Waals surface area contributed by atoms with Crippen molar-refractivity contribution in [2.75, 3.05) is 13.2 Å². The van der Waals surface area contributed by atoms with Crippen molar-refractivity contribution in [2.24, 2.45) is 0 Å². The van der Waals surface area contributed by atoms with Crippen LogP contribution in [-0.2, 0) is 4.74 Å². The number of hydrogen-bond acceptors (Lipinski definition) is 2. The standard InChI is InChI=1S/C24H19BrFNO2/c25-22-12-11-16(14-23(22)26)6-5-13-27-24(28)29-15-21-19-9-3-1-7-17(19)18-8-2-4-10-20(18)21/h1-12,14,21H,13,15H2,(H,27,28). The van der Waals surface area contributed by atoms with E-state index >= 15 is 0 Å². The van der Waals surface area contributed by atoms with Gasteiger partial charge >= 0.3 is 6.09 Å². The van der Waals surface area contributed by atoms with Crippen LogP contribution in [0.2, 0.25) is 0 Å². The second kappa shape index (κ2) is 8.62. The summed E-state index contributed by atoms with van der Waals surface area (Å²) in [5.41, 5.74) is 5.47. The molecule has 29 heavy (non-hydrogen) atoms. The molecule has 3 aromatic carbocycles. The number of alkyl carbamates (subject to hydrolysis) is 1. The van der Waals surface area contributed by atoms with E-state index in [0.29, 0.717) is 11.0 Å². The highest BCUT2D eigenvalue weighted by molar-refractivity contribution is 9.10. The molecule has 0 saturated heterocycles. The largest absolute Gasteiger partial charge is 0.449 e. The Balaban J connectivity index is 1.33. The van der Waals surface area contributed by atoms with E-state index < -0.39 is 6.09 Å². The van der Waals surface area contributed by atoms with Gasteiger partial charge in [-0.3, -0.25) is 0 Å². The van der Waals surface area contributed by atoms with E-state index in [2.05, 4.69) is 45.5 Å². The third-order valence-corrected chi connectivity index (χ3v) is 5.61. The van der Waals surface area contributed by atoms with Crippen LogP contribution in [0.3, 0.4) is 0 Å². The highest BCUT2D eigenvalue weighted by Crippen LogP contribution is 2.44. The van der Waals surface area contributed by atoms with E-state index in [4.69, 9.17) is 4.74 Å². The molecule has 1 aliphatic rings. The minimum absolute atomic E-state index is 0.0365. The zero-order valence-corrected chi connectivity index (χ0v) is 17.2. The normalized spacial score (nSPS) is 12.6. The van der Waals surface area contributed by atoms with Crippen molar-refractivity contribution in [3.05, 3.63) is 99.8 Å². The molecule has 1 aliphatic carbocycles. The summed E-state index contributed by atoms with van der Waals surface area (Å²) in [6.07, 6.45) is 3.03. The lowest BCUT2D eigenvalue weighted by Crippen LogP contribution is -2.26. The summed E-state index contributed by atoms with van der Waals surface area (Å²) in [6, 6.07) is 21.3. The Bertz CT molecular complexity index is 1030. The lowest BCUT2D eigenvalue weighted by atomic mass is 9.98. The zero-order chi connectivity index (χ0) is 20.2. The number of halogens is 2. The smallest absolute Gasteiger partial charge is 0.407 e. The van der Waals surface area contributed by atoms with Gasteiger partial charge in [-0.25, -0.2) is 9.18 Å². The summed E-state index contributed by atoms with van der Waals surface area (Å²) < 4.78 is 19.4. The number of hydrogen-bond donors (Lipinski definition) is 1. The molecule has 0 aromatic heterocycles. The highest BCUT2D eigenvalue weighted by Gasteiger charge is 2.28. The lowest BCUT2D eigenvalue weighted by Gasteiger charge is -2.14. The third-order valence-electron chi connectivity index (χ3n) is 4.96. The summed E-state index contributed by atoms with van der Waals surface area (Å²) in [7, 11) is 0. The average molecular weight is 452 g/mol. The van der Waals surface area contributed by atoms with Gasteiger partial charge < -0.3 is 10.1 Å². The number of amides is 1. The van der Waals surface area contributed by atoms with Crippen LogP contribution in [0.1, 0.15) is 22.6 Å². The molecule has 0 heterocycles. The molecule has 146 valence electrons. The van der Waals surface area contributed by atoms with Gasteiger partial charge in [0.15, 0.2) is 0 Å². The van der Waals surface area contributed by atoms with Crippen LogP contribution in [0.4, 0.5) is 9.18 Å². The minimum Gasteiger partial charge on any atom is -0.449 e. The molecular weight excluding hydrogens is 433 g/mol. The van der Waals surface area contributed by atoms with Crippen molar-refractivity contribution < 1.29 is 13.9 Å². The molecule has 3 aromatic rings. The van der Waals surface area contributed by atoms with E-state index in [0.717, 1.165) is 5.56 Å². The van der Waals surface area contributed by atoms with Gasteiger partial charge in [-0.05, 0) is 55.9 Å². The van der Waals surface area contributed by atoms with Crippen molar-refractivity contribution in [1.82, 2.24) is 5.32 Å². The van der Waals surface area contributed by atoms with Crippen molar-refractivity contribution in [1.29, 1.82) is 0 Å². The van der Waals surface area contributed by atoms with Crippen LogP contribution in [0.25, 0.3) is 17.2 Å². The predicted molar refractivity (Wildman–Crippen MR) is 116 cm³/mol. The van der Waals surface area contributed by atoms with E-state index in [1.165, 1.54) is 28.3 Å². The number of ether oxygens (including phenoxy) is 1. The van der Waals surface area contributed by atoms with E-state index in [1.807, 2.05) is 24.3 Å². The predicted octanol–water partition coefficient (Wildman–Crippen LogP) is 6.14. The van der Waals surface area contributed by atoms with Gasteiger partial charge in [-0.15, -0.1) is 0 Å². The van der Waals surface area contributed by atoms with Crippen molar-refractivity contribution in [3.63, 3.8) is 0 Å². The maximum atomic E-state index is 13.5. The zero-order valence-electron chi connectivity index (χ0n) is 15.6. The SMILES string of the molecule is O=C(NCC=Cc1ccc(Br)c(F)c1)OCC1c2ccccc2-c2ccccc21. The molecular formula is C24H19BrFNO2. The Kier molecular flexibility index (Phi) is 5.76. The van der Waals surface area contributed by atoms with Crippen LogP contribution >= 0.6 is 15.9 Å². The molecule has 0 aliphatic heterocycles. The molecule has 1 amide bonds. The third kappa shape index (κ3) is 4.25. The summed E-state index contributed by atoms with van der Waals surface area (Å²) >= 11 is 3.12. The lowest BCUT2D eigenvalue weighted by molar-refractivity contribution is 0.144. The second-order valence-corrected chi connectivity index (χ2v) is 7.64. The average Bonchev–Trinajstić information content (AvgIpc) is 3.06. The second-order valence-electron chi connectivity index (χ2n) is 6.78. The monoisotopic (exact) mass is 451 g/mol. The Morgan fingerprint density at radius 3 is 2.34 bits per heavy atom. The Morgan fingerprint density at radius 2 is 1.69 bits per heavy atom. The molecule has 0 bridgehead atoms. The number of benzene rings is 3. The number of rotatable bonds is 5. The van der Waals surface area contributed by atoms with Crippen LogP contribution in [0, 0.1) is 5.82 Å². The molecule has 0 radical (unpaired) electrons. The van der Waals surface area contributed by atoms with Gasteiger partial charge in [-0.2, -0.15) is 0 Å². The first-order chi connectivity index (χ1) is 14.1. The first kappa shape index (κ1) is 19.4. The Labute approximate surface area is 177 Å². The van der Waals surface area contributed by atoms with Crippen molar-refractivity contribution >= 4 is 28.1 Å². The first-order valence-corrected chi connectivity index (χ1v) is 10.1. The number of carbonyl (C=O) groups excluding carboxylic acids is 1. The van der Waals surface area contributed by atoms with Crippen LogP contribution in [-0.4, -0.2) is 19.2 Å². The fourth-order valence-electron chi connectivity index (χ4n) is 3.60. The maximum absolute atomic E-state index is 13.5. The van der Waals surface area contributed by atoms with Crippen LogP contribution in [0.15, 0.2) is 77.3 Å². The number of nitrogens with one attached hydrogen (secondary N) is 1. The van der Waals surface area contributed by atoms with E-state index in [1.54, 1.807) is 24.3 Å². The molecule has 3 nitrogen and oxygen atoms in total. The highest BCUT2D eigenvalue weighted by atomic mass is 79.9. The van der Waals surface area contributed by atoms with Gasteiger partial charge in [0.25, 0.3) is 0 Å². The minimum atomic E-state index is -0.474. The summed E-state index contributed by atoms with van der Waals surface area (Å²) in [5.74, 6) is -0.286. The summed E-state index contributed by atoms with van der Waals surface area (Å²) in [6.45, 7) is 0.579. The molecule has 0 unspecified atom stereocenters. The summed E-state index contributed by atoms with van der Waals surface area (Å²) in [5, 5.41) is 2.70. The van der Waals surface area contributed by atoms with E-state index in [-0.39, 0.29) is 18.3 Å². The van der Waals surface area contributed by atoms with Crippen LogP contribution < -0.4 is 5.32 Å². The fraction of sp³-hybridized carbons (Fsp3) is 0.125. The number of fused-ring (bicyclic) bond motifs is 3. The van der Waals surface area contributed by atoms with Gasteiger partial charge in [0, 0.05) is 12.5 Å². The molecule has 0 saturated carbocycles. The first-order valence-electron chi connectivity index (χ1n) is 9.34. The maximum Gasteiger partial charge on any atom is 0.407 e. The Hall–Kier alpha value is -2.92. The Morgan fingerprint density at radius 1 is 1.03 bits per heavy atom.